The number of para-hydroxylation sites is 2. The van der Waals surface area contributed by atoms with E-state index in [0.717, 1.165) is 25.6 Å². The van der Waals surface area contributed by atoms with Crippen LogP contribution in [0.4, 0.5) is 15.3 Å². The van der Waals surface area contributed by atoms with Crippen molar-refractivity contribution in [2.24, 2.45) is 0 Å². The number of esters is 1. The number of hydrogen-bond donors (Lipinski definition) is 1. The number of nitrogens with zero attached hydrogens (tertiary/aromatic N) is 5. The first-order valence-electron chi connectivity index (χ1n) is 12.6. The van der Waals surface area contributed by atoms with Crippen LogP contribution in [0.3, 0.4) is 0 Å². The minimum absolute atomic E-state index is 0.201. The van der Waals surface area contributed by atoms with Gasteiger partial charge in [-0.3, -0.25) is 4.57 Å². The second-order valence-corrected chi connectivity index (χ2v) is 10.8. The number of nitrogens with one attached hydrogen (secondary N) is 1. The summed E-state index contributed by atoms with van der Waals surface area (Å²) in [7, 11) is 0. The molecule has 0 unspecified atom stereocenters. The Hall–Kier alpha value is -4.42. The van der Waals surface area contributed by atoms with Gasteiger partial charge in [-0.1, -0.05) is 35.6 Å². The molecule has 0 spiro atoms. The molecule has 0 saturated heterocycles. The van der Waals surface area contributed by atoms with Gasteiger partial charge in [0.05, 0.1) is 23.4 Å². The molecule has 202 valence electrons. The second-order valence-electron chi connectivity index (χ2n) is 8.68. The number of aryl methyl sites for hydroxylation is 1. The van der Waals surface area contributed by atoms with Crippen LogP contribution in [-0.4, -0.2) is 43.9 Å². The zero-order valence-electron chi connectivity index (χ0n) is 21.3. The molecule has 0 atom stereocenters. The number of anilines is 2. The Balaban J connectivity index is 1.21. The predicted molar refractivity (Wildman–Crippen MR) is 154 cm³/mol. The largest absolute Gasteiger partial charge is 0.491 e. The van der Waals surface area contributed by atoms with E-state index >= 15 is 0 Å². The number of thiazole rings is 2. The maximum atomic E-state index is 13.8. The van der Waals surface area contributed by atoms with Gasteiger partial charge in [0.2, 0.25) is 0 Å². The SMILES string of the molecule is CCOC(=O)c1nc(-n2ccc3cc(Nc4nc5ccccc5s4)nnc32)sc1CCCOc1ccccc1F. The van der Waals surface area contributed by atoms with Gasteiger partial charge in [0.1, 0.15) is 0 Å². The molecule has 2 aromatic carbocycles. The van der Waals surface area contributed by atoms with Crippen molar-refractivity contribution in [1.82, 2.24) is 24.7 Å². The Morgan fingerprint density at radius 3 is 2.75 bits per heavy atom. The van der Waals surface area contributed by atoms with Gasteiger partial charge >= 0.3 is 5.97 Å². The molecule has 0 aliphatic carbocycles. The molecule has 0 bridgehead atoms. The zero-order valence-corrected chi connectivity index (χ0v) is 23.0. The maximum absolute atomic E-state index is 13.8. The van der Waals surface area contributed by atoms with Gasteiger partial charge in [0, 0.05) is 16.5 Å². The normalized spacial score (nSPS) is 11.2. The van der Waals surface area contributed by atoms with Crippen molar-refractivity contribution in [1.29, 1.82) is 0 Å². The lowest BCUT2D eigenvalue weighted by Crippen LogP contribution is -2.09. The molecule has 6 rings (SSSR count). The van der Waals surface area contributed by atoms with Gasteiger partial charge in [0.25, 0.3) is 0 Å². The highest BCUT2D eigenvalue weighted by atomic mass is 32.1. The van der Waals surface area contributed by atoms with E-state index in [1.807, 2.05) is 42.6 Å². The van der Waals surface area contributed by atoms with Crippen LogP contribution >= 0.6 is 22.7 Å². The average molecular weight is 575 g/mol. The number of hydrogen-bond acceptors (Lipinski definition) is 10. The third-order valence-corrected chi connectivity index (χ3v) is 8.03. The topological polar surface area (TPSA) is 104 Å². The minimum Gasteiger partial charge on any atom is -0.491 e. The van der Waals surface area contributed by atoms with Crippen LogP contribution in [0.15, 0.2) is 66.9 Å². The Bertz CT molecular complexity index is 1780. The number of carbonyl (C=O) groups is 1. The number of halogens is 1. The van der Waals surface area contributed by atoms with Crippen LogP contribution < -0.4 is 10.1 Å². The molecule has 0 aliphatic heterocycles. The Morgan fingerprint density at radius 1 is 1.05 bits per heavy atom. The summed E-state index contributed by atoms with van der Waals surface area (Å²) in [6.45, 7) is 2.28. The van der Waals surface area contributed by atoms with Crippen LogP contribution in [-0.2, 0) is 11.2 Å². The maximum Gasteiger partial charge on any atom is 0.358 e. The fourth-order valence-corrected chi connectivity index (χ4v) is 6.08. The molecule has 40 heavy (non-hydrogen) atoms. The third kappa shape index (κ3) is 5.36. The summed E-state index contributed by atoms with van der Waals surface area (Å²) in [6.07, 6.45) is 2.93. The van der Waals surface area contributed by atoms with Crippen LogP contribution in [0.2, 0.25) is 0 Å². The Morgan fingerprint density at radius 2 is 1.90 bits per heavy atom. The van der Waals surface area contributed by atoms with Crippen LogP contribution in [0.25, 0.3) is 26.4 Å². The molecule has 4 aromatic heterocycles. The van der Waals surface area contributed by atoms with E-state index in [-0.39, 0.29) is 18.1 Å². The number of carbonyl (C=O) groups excluding carboxylic acids is 1. The number of benzene rings is 2. The lowest BCUT2D eigenvalue weighted by atomic mass is 10.2. The van der Waals surface area contributed by atoms with Gasteiger partial charge in [-0.25, -0.2) is 19.2 Å². The van der Waals surface area contributed by atoms with Crippen LogP contribution in [0, 0.1) is 5.82 Å². The zero-order chi connectivity index (χ0) is 27.5. The fourth-order valence-electron chi connectivity index (χ4n) is 4.13. The van der Waals surface area contributed by atoms with Crippen LogP contribution in [0.1, 0.15) is 28.7 Å². The lowest BCUT2D eigenvalue weighted by molar-refractivity contribution is 0.0519. The molecule has 0 radical (unpaired) electrons. The van der Waals surface area contributed by atoms with E-state index in [0.29, 0.717) is 36.0 Å². The third-order valence-electron chi connectivity index (χ3n) is 5.97. The van der Waals surface area contributed by atoms with Crippen LogP contribution in [0.5, 0.6) is 5.75 Å². The quantitative estimate of drug-likeness (QED) is 0.145. The van der Waals surface area contributed by atoms with Gasteiger partial charge < -0.3 is 14.8 Å². The molecule has 12 heteroatoms. The molecule has 0 amide bonds. The first-order valence-corrected chi connectivity index (χ1v) is 14.2. The summed E-state index contributed by atoms with van der Waals surface area (Å²) in [4.78, 5) is 22.6. The van der Waals surface area contributed by atoms with E-state index in [1.54, 1.807) is 41.0 Å². The monoisotopic (exact) mass is 574 g/mol. The molecular formula is C28H23FN6O3S2. The molecule has 9 nitrogen and oxygen atoms in total. The number of rotatable bonds is 10. The van der Waals surface area contributed by atoms with Crippen molar-refractivity contribution in [3.63, 3.8) is 0 Å². The fraction of sp³-hybridized carbons (Fsp3) is 0.179. The highest BCUT2D eigenvalue weighted by Gasteiger charge is 2.21. The molecule has 1 N–H and O–H groups in total. The van der Waals surface area contributed by atoms with E-state index in [9.17, 15) is 9.18 Å². The summed E-state index contributed by atoms with van der Waals surface area (Å²) < 4.78 is 27.6. The molecule has 4 heterocycles. The molecule has 0 aliphatic rings. The smallest absolute Gasteiger partial charge is 0.358 e. The van der Waals surface area contributed by atoms with Crippen molar-refractivity contribution >= 4 is 60.8 Å². The summed E-state index contributed by atoms with van der Waals surface area (Å²) in [5.41, 5.74) is 1.79. The highest BCUT2D eigenvalue weighted by molar-refractivity contribution is 7.22. The van der Waals surface area contributed by atoms with Gasteiger partial charge in [-0.2, -0.15) is 0 Å². The molecule has 0 saturated carbocycles. The summed E-state index contributed by atoms with van der Waals surface area (Å²) in [5.74, 6) is -0.118. The van der Waals surface area contributed by atoms with E-state index in [4.69, 9.17) is 9.47 Å². The minimum atomic E-state index is -0.486. The van der Waals surface area contributed by atoms with Crippen molar-refractivity contribution < 1.29 is 18.7 Å². The number of aromatic nitrogens is 5. The summed E-state index contributed by atoms with van der Waals surface area (Å²) in [5, 5.41) is 14.2. The second kappa shape index (κ2) is 11.4. The number of ether oxygens (including phenoxy) is 2. The summed E-state index contributed by atoms with van der Waals surface area (Å²) in [6, 6.07) is 18.0. The molecule has 0 fully saturated rings. The Kier molecular flexibility index (Phi) is 7.34. The van der Waals surface area contributed by atoms with E-state index < -0.39 is 11.8 Å². The summed E-state index contributed by atoms with van der Waals surface area (Å²) >= 11 is 2.92. The molecule has 6 aromatic rings. The van der Waals surface area contributed by atoms with Crippen molar-refractivity contribution in [2.45, 2.75) is 19.8 Å². The standard InChI is InChI=1S/C28H23FN6O3S2/c1-2-37-26(36)24-22(12-7-15-38-20-10-5-3-8-18(20)29)40-28(32-24)35-14-13-17-16-23(33-34-25(17)35)31-27-30-19-9-4-6-11-21(19)39-27/h3-6,8-11,13-14,16H,2,7,12,15H2,1H3,(H,30,31,33). The van der Waals surface area contributed by atoms with E-state index in [2.05, 4.69) is 25.5 Å². The molecular weight excluding hydrogens is 551 g/mol. The van der Waals surface area contributed by atoms with Gasteiger partial charge in [-0.15, -0.1) is 21.5 Å². The first kappa shape index (κ1) is 25.8. The highest BCUT2D eigenvalue weighted by Crippen LogP contribution is 2.30. The van der Waals surface area contributed by atoms with Gasteiger partial charge in [0.15, 0.2) is 39.0 Å². The number of fused-ring (bicyclic) bond motifs is 2. The van der Waals surface area contributed by atoms with Crippen molar-refractivity contribution in [2.75, 3.05) is 18.5 Å². The average Bonchev–Trinajstić information content (AvgIpc) is 3.68. The lowest BCUT2D eigenvalue weighted by Gasteiger charge is -2.06. The van der Waals surface area contributed by atoms with E-state index in [1.165, 1.54) is 17.4 Å². The van der Waals surface area contributed by atoms with Gasteiger partial charge in [-0.05, 0) is 56.2 Å². The predicted octanol–water partition coefficient (Wildman–Crippen LogP) is 6.56. The first-order chi connectivity index (χ1) is 19.6. The Labute approximate surface area is 236 Å². The van der Waals surface area contributed by atoms with Crippen molar-refractivity contribution in [3.8, 4) is 10.9 Å². The van der Waals surface area contributed by atoms with Crippen molar-refractivity contribution in [3.05, 3.63) is 83.2 Å².